The number of rotatable bonds is 3. The third-order valence-corrected chi connectivity index (χ3v) is 2.05. The Morgan fingerprint density at radius 3 is 2.27 bits per heavy atom. The summed E-state index contributed by atoms with van der Waals surface area (Å²) < 4.78 is 51.1. The third-order valence-electron chi connectivity index (χ3n) is 2.05. The number of hydrogen-bond acceptors (Lipinski definition) is 1. The Balaban J connectivity index is 2.99. The zero-order valence-corrected chi connectivity index (χ0v) is 8.16. The predicted octanol–water partition coefficient (Wildman–Crippen LogP) is 2.52. The Hall–Kier alpha value is -1.10. The lowest BCUT2D eigenvalue weighted by Gasteiger charge is -2.07. The van der Waals surface area contributed by atoms with Crippen molar-refractivity contribution in [1.82, 2.24) is 0 Å². The van der Waals surface area contributed by atoms with E-state index in [2.05, 4.69) is 0 Å². The maximum absolute atomic E-state index is 13.1. The van der Waals surface area contributed by atoms with E-state index in [-0.39, 0.29) is 18.0 Å². The van der Waals surface area contributed by atoms with E-state index in [9.17, 15) is 17.6 Å². The summed E-state index contributed by atoms with van der Waals surface area (Å²) in [6.45, 7) is 1.69. The van der Waals surface area contributed by atoms with Crippen LogP contribution in [0.2, 0.25) is 0 Å². The topological polar surface area (TPSA) is 26.0 Å². The van der Waals surface area contributed by atoms with Crippen LogP contribution in [0.1, 0.15) is 18.9 Å². The molecule has 2 N–H and O–H groups in total. The molecule has 1 unspecified atom stereocenters. The van der Waals surface area contributed by atoms with E-state index in [0.29, 0.717) is 12.5 Å². The number of hydrogen-bond donors (Lipinski definition) is 1. The molecule has 5 heteroatoms. The summed E-state index contributed by atoms with van der Waals surface area (Å²) in [4.78, 5) is 0. The van der Waals surface area contributed by atoms with E-state index < -0.39 is 23.3 Å². The van der Waals surface area contributed by atoms with Gasteiger partial charge in [0.25, 0.3) is 0 Å². The van der Waals surface area contributed by atoms with Crippen LogP contribution in [0.25, 0.3) is 0 Å². The van der Waals surface area contributed by atoms with Gasteiger partial charge in [-0.15, -0.1) is 0 Å². The SMILES string of the molecule is CC(N)CCc1cc(F)c(F)c(F)c1F. The van der Waals surface area contributed by atoms with Crippen LogP contribution < -0.4 is 5.73 Å². The van der Waals surface area contributed by atoms with Gasteiger partial charge >= 0.3 is 0 Å². The number of aryl methyl sites for hydroxylation is 1. The highest BCUT2D eigenvalue weighted by molar-refractivity contribution is 5.22. The van der Waals surface area contributed by atoms with Crippen LogP contribution in [0.15, 0.2) is 6.07 Å². The first-order chi connectivity index (χ1) is 6.93. The molecule has 1 aromatic rings. The van der Waals surface area contributed by atoms with E-state index in [1.807, 2.05) is 0 Å². The molecule has 0 spiro atoms. The Morgan fingerprint density at radius 2 is 1.73 bits per heavy atom. The molecule has 1 atom stereocenters. The second-order valence-corrected chi connectivity index (χ2v) is 3.48. The lowest BCUT2D eigenvalue weighted by atomic mass is 10.1. The standard InChI is InChI=1S/C10H11F4N/c1-5(15)2-3-6-4-7(11)9(13)10(14)8(6)12/h4-5H,2-3,15H2,1H3. The van der Waals surface area contributed by atoms with Gasteiger partial charge in [-0.25, -0.2) is 17.6 Å². The van der Waals surface area contributed by atoms with E-state index >= 15 is 0 Å². The highest BCUT2D eigenvalue weighted by Gasteiger charge is 2.18. The molecule has 0 saturated carbocycles. The van der Waals surface area contributed by atoms with Crippen molar-refractivity contribution in [2.24, 2.45) is 5.73 Å². The average Bonchev–Trinajstić information content (AvgIpc) is 2.18. The predicted molar refractivity (Wildman–Crippen MR) is 48.2 cm³/mol. The molecule has 0 aliphatic carbocycles. The maximum atomic E-state index is 13.1. The smallest absolute Gasteiger partial charge is 0.197 e. The molecule has 15 heavy (non-hydrogen) atoms. The van der Waals surface area contributed by atoms with Gasteiger partial charge in [0.15, 0.2) is 23.3 Å². The summed E-state index contributed by atoms with van der Waals surface area (Å²) in [6.07, 6.45) is 0.457. The fraction of sp³-hybridized carbons (Fsp3) is 0.400. The molecule has 1 aromatic carbocycles. The molecule has 0 aliphatic rings. The largest absolute Gasteiger partial charge is 0.328 e. The average molecular weight is 221 g/mol. The van der Waals surface area contributed by atoms with Crippen LogP contribution in [0.5, 0.6) is 0 Å². The summed E-state index contributed by atoms with van der Waals surface area (Å²) in [7, 11) is 0. The van der Waals surface area contributed by atoms with Crippen molar-refractivity contribution in [3.63, 3.8) is 0 Å². The van der Waals surface area contributed by atoms with Gasteiger partial charge in [0, 0.05) is 6.04 Å². The van der Waals surface area contributed by atoms with Gasteiger partial charge in [0.1, 0.15) is 0 Å². The van der Waals surface area contributed by atoms with Crippen LogP contribution in [-0.2, 0) is 6.42 Å². The lowest BCUT2D eigenvalue weighted by Crippen LogP contribution is -2.16. The quantitative estimate of drug-likeness (QED) is 0.473. The lowest BCUT2D eigenvalue weighted by molar-refractivity contribution is 0.402. The summed E-state index contributed by atoms with van der Waals surface area (Å²) in [5.74, 6) is -6.27. The fourth-order valence-electron chi connectivity index (χ4n) is 1.19. The molecule has 0 aliphatic heterocycles. The van der Waals surface area contributed by atoms with E-state index in [4.69, 9.17) is 5.73 Å². The minimum Gasteiger partial charge on any atom is -0.328 e. The molecule has 0 amide bonds. The second-order valence-electron chi connectivity index (χ2n) is 3.48. The molecular weight excluding hydrogens is 210 g/mol. The Kier molecular flexibility index (Phi) is 3.68. The highest BCUT2D eigenvalue weighted by Crippen LogP contribution is 2.19. The molecule has 1 nitrogen and oxygen atoms in total. The maximum Gasteiger partial charge on any atom is 0.197 e. The van der Waals surface area contributed by atoms with Gasteiger partial charge in [0.05, 0.1) is 0 Å². The van der Waals surface area contributed by atoms with E-state index in [1.165, 1.54) is 0 Å². The number of halogens is 4. The van der Waals surface area contributed by atoms with Gasteiger partial charge < -0.3 is 5.73 Å². The summed E-state index contributed by atoms with van der Waals surface area (Å²) in [5, 5.41) is 0. The van der Waals surface area contributed by atoms with Crippen LogP contribution in [0.4, 0.5) is 17.6 Å². The van der Waals surface area contributed by atoms with E-state index in [1.54, 1.807) is 6.92 Å². The first kappa shape index (κ1) is 12.0. The van der Waals surface area contributed by atoms with Gasteiger partial charge in [-0.3, -0.25) is 0 Å². The number of nitrogens with two attached hydrogens (primary N) is 1. The van der Waals surface area contributed by atoms with Crippen LogP contribution >= 0.6 is 0 Å². The fourth-order valence-corrected chi connectivity index (χ4v) is 1.19. The van der Waals surface area contributed by atoms with Crippen LogP contribution in [0, 0.1) is 23.3 Å². The molecule has 0 saturated heterocycles. The zero-order valence-electron chi connectivity index (χ0n) is 8.16. The summed E-state index contributed by atoms with van der Waals surface area (Å²) in [5.41, 5.74) is 5.22. The monoisotopic (exact) mass is 221 g/mol. The third kappa shape index (κ3) is 2.68. The first-order valence-electron chi connectivity index (χ1n) is 4.51. The van der Waals surface area contributed by atoms with Gasteiger partial charge in [0.2, 0.25) is 0 Å². The zero-order chi connectivity index (χ0) is 11.6. The second kappa shape index (κ2) is 4.61. The first-order valence-corrected chi connectivity index (χ1v) is 4.51. The van der Waals surface area contributed by atoms with Crippen molar-refractivity contribution in [2.45, 2.75) is 25.8 Å². The van der Waals surface area contributed by atoms with Crippen LogP contribution in [-0.4, -0.2) is 6.04 Å². The van der Waals surface area contributed by atoms with Crippen molar-refractivity contribution < 1.29 is 17.6 Å². The van der Waals surface area contributed by atoms with Crippen molar-refractivity contribution in [1.29, 1.82) is 0 Å². The molecule has 0 fully saturated rings. The molecule has 0 heterocycles. The molecular formula is C10H11F4N. The van der Waals surface area contributed by atoms with E-state index in [0.717, 1.165) is 0 Å². The molecule has 0 aromatic heterocycles. The van der Waals surface area contributed by atoms with Gasteiger partial charge in [-0.05, 0) is 31.4 Å². The van der Waals surface area contributed by atoms with Crippen molar-refractivity contribution in [3.8, 4) is 0 Å². The molecule has 0 radical (unpaired) electrons. The van der Waals surface area contributed by atoms with Crippen LogP contribution in [0.3, 0.4) is 0 Å². The molecule has 84 valence electrons. The Morgan fingerprint density at radius 1 is 1.13 bits per heavy atom. The minimum atomic E-state index is -1.78. The Bertz CT molecular complexity index is 363. The van der Waals surface area contributed by atoms with Gasteiger partial charge in [-0.2, -0.15) is 0 Å². The molecule has 0 bridgehead atoms. The number of benzene rings is 1. The van der Waals surface area contributed by atoms with Crippen molar-refractivity contribution in [3.05, 3.63) is 34.9 Å². The summed E-state index contributed by atoms with van der Waals surface area (Å²) in [6, 6.07) is 0.455. The van der Waals surface area contributed by atoms with Gasteiger partial charge in [-0.1, -0.05) is 0 Å². The van der Waals surface area contributed by atoms with Crippen molar-refractivity contribution in [2.75, 3.05) is 0 Å². The molecule has 1 rings (SSSR count). The normalized spacial score (nSPS) is 12.9. The minimum absolute atomic E-state index is 0.0810. The Labute approximate surface area is 84.9 Å². The van der Waals surface area contributed by atoms with Crippen molar-refractivity contribution >= 4 is 0 Å². The highest BCUT2D eigenvalue weighted by atomic mass is 19.2. The summed E-state index contributed by atoms with van der Waals surface area (Å²) >= 11 is 0.